The molecule has 1 aromatic rings. The molecule has 2 aliphatic rings. The lowest BCUT2D eigenvalue weighted by Gasteiger charge is -2.46. The molecule has 12 heteroatoms. The number of hydrogen-bond donors (Lipinski definition) is 0. The summed E-state index contributed by atoms with van der Waals surface area (Å²) in [5.74, 6) is -0.747. The fraction of sp³-hybridized carbons (Fsp3) is 0.545. The molecule has 0 saturated carbocycles. The lowest BCUT2D eigenvalue weighted by molar-refractivity contribution is -0.384. The van der Waals surface area contributed by atoms with Crippen LogP contribution in [0.15, 0.2) is 34.2 Å². The summed E-state index contributed by atoms with van der Waals surface area (Å²) in [4.78, 5) is 38.0. The molecule has 186 valence electrons. The van der Waals surface area contributed by atoms with E-state index in [1.54, 1.807) is 6.92 Å². The van der Waals surface area contributed by atoms with Gasteiger partial charge in [0.25, 0.3) is 5.69 Å². The first-order chi connectivity index (χ1) is 16.3. The first kappa shape index (κ1) is 26.6. The van der Waals surface area contributed by atoms with Crippen LogP contribution in [0, 0.1) is 22.0 Å². The van der Waals surface area contributed by atoms with Gasteiger partial charge in [-0.25, -0.2) is 4.79 Å². The number of nitro benzene ring substituents is 1. The van der Waals surface area contributed by atoms with Crippen LogP contribution in [0.2, 0.25) is 0 Å². The van der Waals surface area contributed by atoms with Crippen LogP contribution in [0.1, 0.15) is 45.1 Å². The predicted molar refractivity (Wildman–Crippen MR) is 134 cm³/mol. The van der Waals surface area contributed by atoms with Crippen molar-refractivity contribution in [3.8, 4) is 0 Å². The minimum absolute atomic E-state index is 0.0575. The van der Waals surface area contributed by atoms with Crippen LogP contribution in [-0.4, -0.2) is 54.1 Å². The van der Waals surface area contributed by atoms with Crippen LogP contribution >= 0.6 is 11.8 Å². The molecule has 0 aliphatic carbocycles. The number of esters is 1. The molecule has 1 aromatic carbocycles. The number of thioether (sulfide) groups is 1. The van der Waals surface area contributed by atoms with Gasteiger partial charge in [0.05, 0.1) is 21.6 Å². The summed E-state index contributed by atoms with van der Waals surface area (Å²) in [6, 6.07) is 5.69. The largest absolute Gasteiger partial charge is 0.456 e. The van der Waals surface area contributed by atoms with E-state index in [4.69, 9.17) is 9.16 Å². The third-order valence-corrected chi connectivity index (χ3v) is 9.46. The van der Waals surface area contributed by atoms with Gasteiger partial charge in [-0.1, -0.05) is 44.9 Å². The van der Waals surface area contributed by atoms with E-state index in [9.17, 15) is 23.9 Å². The summed E-state index contributed by atoms with van der Waals surface area (Å²) in [6.07, 6.45) is 4.06. The van der Waals surface area contributed by atoms with E-state index in [2.05, 4.69) is 6.92 Å². The maximum Gasteiger partial charge on any atom is 0.357 e. The zero-order chi connectivity index (χ0) is 24.8. The van der Waals surface area contributed by atoms with Crippen molar-refractivity contribution in [1.29, 1.82) is 0 Å². The maximum atomic E-state index is 13.2. The Morgan fingerprint density at radius 1 is 1.29 bits per heavy atom. The molecule has 0 N–H and O–H groups in total. The second kappa shape index (κ2) is 12.1. The van der Waals surface area contributed by atoms with Crippen molar-refractivity contribution in [2.24, 2.45) is 11.8 Å². The van der Waals surface area contributed by atoms with Gasteiger partial charge in [-0.3, -0.25) is 24.0 Å². The van der Waals surface area contributed by atoms with Gasteiger partial charge in [0.15, 0.2) is 5.70 Å². The van der Waals surface area contributed by atoms with Gasteiger partial charge in [-0.2, -0.15) is 0 Å². The van der Waals surface area contributed by atoms with Crippen LogP contribution in [-0.2, 0) is 36.2 Å². The van der Waals surface area contributed by atoms with E-state index in [1.807, 2.05) is 0 Å². The average molecular weight is 527 g/mol. The molecule has 2 heterocycles. The van der Waals surface area contributed by atoms with Gasteiger partial charge in [0, 0.05) is 24.5 Å². The number of nitrogens with zero attached hydrogens (tertiary/aromatic N) is 2. The number of unbranched alkanes of at least 4 members (excludes halogenated alkanes) is 2. The summed E-state index contributed by atoms with van der Waals surface area (Å²) < 4.78 is 24.1. The normalized spacial score (nSPS) is 21.2. The smallest absolute Gasteiger partial charge is 0.357 e. The Morgan fingerprint density at radius 3 is 2.59 bits per heavy atom. The molecule has 1 amide bonds. The van der Waals surface area contributed by atoms with Crippen molar-refractivity contribution < 1.29 is 27.9 Å². The van der Waals surface area contributed by atoms with Crippen LogP contribution in [0.3, 0.4) is 0 Å². The number of β-lactam (4-membered cyclic amide) rings is 1. The Balaban J connectivity index is 1.75. The van der Waals surface area contributed by atoms with E-state index in [0.717, 1.165) is 25.7 Å². The lowest BCUT2D eigenvalue weighted by Crippen LogP contribution is -2.60. The quantitative estimate of drug-likeness (QED) is 0.0962. The maximum absolute atomic E-state index is 13.2. The Bertz CT molecular complexity index is 986. The number of rotatable bonds is 13. The molecule has 1 unspecified atom stereocenters. The van der Waals surface area contributed by atoms with Crippen molar-refractivity contribution in [3.05, 3.63) is 49.9 Å². The van der Waals surface area contributed by atoms with Gasteiger partial charge in [0.2, 0.25) is 5.91 Å². The molecule has 2 aliphatic heterocycles. The van der Waals surface area contributed by atoms with Crippen molar-refractivity contribution in [1.82, 2.24) is 4.90 Å². The Hall–Kier alpha value is -2.02. The fourth-order valence-electron chi connectivity index (χ4n) is 4.19. The van der Waals surface area contributed by atoms with Gasteiger partial charge < -0.3 is 9.16 Å². The van der Waals surface area contributed by atoms with E-state index < -0.39 is 21.7 Å². The van der Waals surface area contributed by atoms with Crippen molar-refractivity contribution in [2.75, 3.05) is 12.4 Å². The average Bonchev–Trinajstić information content (AvgIpc) is 3.18. The molecule has 3 rings (SSSR count). The molecule has 0 radical (unpaired) electrons. The van der Waals surface area contributed by atoms with Crippen LogP contribution in [0.25, 0.3) is 0 Å². The number of benzene rings is 1. The number of carbonyl (C=O) groups is 2. The number of ether oxygens (including phenoxy) is 1. The topological polar surface area (TPSA) is 116 Å². The number of carbonyl (C=O) groups excluding carboxylic acids is 2. The molecule has 0 bridgehead atoms. The van der Waals surface area contributed by atoms with Crippen molar-refractivity contribution >= 4 is 50.6 Å². The molecule has 1 fully saturated rings. The minimum Gasteiger partial charge on any atom is -0.456 e. The van der Waals surface area contributed by atoms with Crippen LogP contribution in [0.4, 0.5) is 5.69 Å². The Labute approximate surface area is 208 Å². The molecule has 34 heavy (non-hydrogen) atoms. The molecule has 1 saturated heterocycles. The monoisotopic (exact) mass is 526 g/mol. The molecular formula is C22H30N2O7S2Si. The van der Waals surface area contributed by atoms with Gasteiger partial charge in [-0.15, -0.1) is 0 Å². The molecule has 9 nitrogen and oxygen atoms in total. The Kier molecular flexibility index (Phi) is 9.45. The first-order valence-corrected chi connectivity index (χ1v) is 14.4. The number of nitro groups is 1. The van der Waals surface area contributed by atoms with E-state index >= 15 is 0 Å². The third kappa shape index (κ3) is 5.61. The summed E-state index contributed by atoms with van der Waals surface area (Å²) >= 11 is 1.33. The van der Waals surface area contributed by atoms with E-state index in [-0.39, 0.29) is 41.1 Å². The molecular weight excluding hydrogens is 496 g/mol. The summed E-state index contributed by atoms with van der Waals surface area (Å²) in [7, 11) is -0.828. The summed E-state index contributed by atoms with van der Waals surface area (Å²) in [6.45, 7) is 4.30. The molecule has 0 aromatic heterocycles. The fourth-order valence-corrected chi connectivity index (χ4v) is 7.67. The number of non-ortho nitro benzene ring substituents is 1. The SMILES string of the molecule is CCCCC[C@@H](CO[SiH3])[C@H]1C(=O)N2C(C(=O)OCc3ccc([N+](=O)[O-])cc3)=C(S(=O)CC)S[C@H]12. The zero-order valence-corrected chi connectivity index (χ0v) is 23.2. The second-order valence-electron chi connectivity index (χ2n) is 8.22. The van der Waals surface area contributed by atoms with Crippen molar-refractivity contribution in [3.63, 3.8) is 0 Å². The standard InChI is InChI=1S/C22H30N2O7S2Si/c1-3-5-6-7-15(13-31-34)17-19(25)23-18(22(32-20(17)23)33(29)4-2)21(26)30-12-14-8-10-16(11-9-14)24(27)28/h8-11,15,17,20H,3-7,12-13H2,1-2,34H3/t15-,17-,20+,33?/m0/s1. The highest BCUT2D eigenvalue weighted by molar-refractivity contribution is 8.17. The minimum atomic E-state index is -1.42. The highest BCUT2D eigenvalue weighted by Gasteiger charge is 2.59. The third-order valence-electron chi connectivity index (χ3n) is 5.99. The summed E-state index contributed by atoms with van der Waals surface area (Å²) in [5.41, 5.74) is 0.586. The number of amides is 1. The number of hydrogen-bond acceptors (Lipinski definition) is 8. The Morgan fingerprint density at radius 2 is 2.00 bits per heavy atom. The number of fused-ring (bicyclic) bond motifs is 1. The molecule has 0 spiro atoms. The molecule has 4 atom stereocenters. The van der Waals surface area contributed by atoms with E-state index in [1.165, 1.54) is 40.9 Å². The lowest BCUT2D eigenvalue weighted by atomic mass is 9.81. The van der Waals surface area contributed by atoms with Crippen molar-refractivity contribution in [2.45, 2.75) is 51.5 Å². The predicted octanol–water partition coefficient (Wildman–Crippen LogP) is 2.60. The summed E-state index contributed by atoms with van der Waals surface area (Å²) in [5, 5.41) is 10.5. The second-order valence-corrected chi connectivity index (χ2v) is 11.9. The zero-order valence-electron chi connectivity index (χ0n) is 19.6. The van der Waals surface area contributed by atoms with E-state index in [0.29, 0.717) is 32.6 Å². The highest BCUT2D eigenvalue weighted by Crippen LogP contribution is 2.53. The van der Waals surface area contributed by atoms with Gasteiger partial charge >= 0.3 is 5.97 Å². The van der Waals surface area contributed by atoms with Crippen LogP contribution < -0.4 is 0 Å². The first-order valence-electron chi connectivity index (χ1n) is 11.4. The highest BCUT2D eigenvalue weighted by atomic mass is 32.2. The van der Waals surface area contributed by atoms with Crippen LogP contribution in [0.5, 0.6) is 0 Å². The van der Waals surface area contributed by atoms with Gasteiger partial charge in [0.1, 0.15) is 26.7 Å². The van der Waals surface area contributed by atoms with Gasteiger partial charge in [-0.05, 0) is 30.0 Å².